The normalized spacial score (nSPS) is 8.56. The van der Waals surface area contributed by atoms with Crippen molar-refractivity contribution in [2.24, 2.45) is 0 Å². The molecule has 1 rings (SSSR count). The molecule has 0 unspecified atom stereocenters. The van der Waals surface area contributed by atoms with Crippen LogP contribution in [-0.2, 0) is 0 Å². The van der Waals surface area contributed by atoms with Gasteiger partial charge in [0.15, 0.2) is 0 Å². The van der Waals surface area contributed by atoms with E-state index in [0.29, 0.717) is 0 Å². The van der Waals surface area contributed by atoms with E-state index < -0.39 is 0 Å². The third-order valence-corrected chi connectivity index (χ3v) is 1.16. The Hall–Kier alpha value is -1.20. The molecular weight excluding hydrogens is 112 g/mol. The predicted molar refractivity (Wildman–Crippen MR) is 36.9 cm³/mol. The van der Waals surface area contributed by atoms with Crippen molar-refractivity contribution >= 4 is 5.57 Å². The molecular formula is C8H8O. The van der Waals surface area contributed by atoms with Gasteiger partial charge in [0.05, 0.1) is 6.26 Å². The molecule has 46 valence electrons. The first-order valence-corrected chi connectivity index (χ1v) is 2.75. The van der Waals surface area contributed by atoms with Crippen LogP contribution in [0.15, 0.2) is 35.1 Å². The summed E-state index contributed by atoms with van der Waals surface area (Å²) in [5, 5.41) is 0. The van der Waals surface area contributed by atoms with E-state index in [9.17, 15) is 0 Å². The first-order chi connectivity index (χ1) is 4.34. The Morgan fingerprint density at radius 2 is 2.56 bits per heavy atom. The molecule has 0 aromatic carbocycles. The topological polar surface area (TPSA) is 13.1 Å². The van der Waals surface area contributed by atoms with Crippen LogP contribution in [0.3, 0.4) is 0 Å². The Balaban J connectivity index is 3.03. The summed E-state index contributed by atoms with van der Waals surface area (Å²) in [6.07, 6.45) is 1.64. The van der Waals surface area contributed by atoms with Crippen LogP contribution in [0.4, 0.5) is 0 Å². The summed E-state index contributed by atoms with van der Waals surface area (Å²) < 4.78 is 5.05. The van der Waals surface area contributed by atoms with Crippen molar-refractivity contribution in [3.8, 4) is 0 Å². The highest BCUT2D eigenvalue weighted by Crippen LogP contribution is 2.10. The van der Waals surface area contributed by atoms with Gasteiger partial charge in [0.2, 0.25) is 0 Å². The maximum absolute atomic E-state index is 5.05. The van der Waals surface area contributed by atoms with E-state index in [2.05, 4.69) is 12.3 Å². The van der Waals surface area contributed by atoms with Crippen LogP contribution in [0.25, 0.3) is 5.57 Å². The largest absolute Gasteiger partial charge is 0.464 e. The average Bonchev–Trinajstić information content (AvgIpc) is 2.37. The van der Waals surface area contributed by atoms with Gasteiger partial charge in [-0.3, -0.25) is 0 Å². The van der Waals surface area contributed by atoms with Crippen LogP contribution in [0.1, 0.15) is 12.7 Å². The van der Waals surface area contributed by atoms with E-state index in [1.165, 1.54) is 0 Å². The molecule has 1 aromatic heterocycles. The van der Waals surface area contributed by atoms with E-state index in [1.807, 2.05) is 19.1 Å². The van der Waals surface area contributed by atoms with Crippen molar-refractivity contribution in [3.63, 3.8) is 0 Å². The van der Waals surface area contributed by atoms with Crippen LogP contribution in [-0.4, -0.2) is 0 Å². The number of hydrogen-bond donors (Lipinski definition) is 0. The third-order valence-electron chi connectivity index (χ3n) is 1.16. The van der Waals surface area contributed by atoms with Crippen molar-refractivity contribution in [2.45, 2.75) is 6.92 Å². The fraction of sp³-hybridized carbons (Fsp3) is 0.125. The summed E-state index contributed by atoms with van der Waals surface area (Å²) in [6.45, 7) is 5.40. The molecule has 0 atom stereocenters. The molecule has 0 aliphatic rings. The van der Waals surface area contributed by atoms with E-state index >= 15 is 0 Å². The monoisotopic (exact) mass is 120 g/mol. The summed E-state index contributed by atoms with van der Waals surface area (Å²) >= 11 is 0. The molecule has 0 spiro atoms. The van der Waals surface area contributed by atoms with Gasteiger partial charge in [-0.05, 0) is 19.1 Å². The van der Waals surface area contributed by atoms with Crippen LogP contribution in [0.5, 0.6) is 0 Å². The van der Waals surface area contributed by atoms with Crippen molar-refractivity contribution < 1.29 is 4.42 Å². The molecule has 0 saturated carbocycles. The maximum atomic E-state index is 5.05. The molecule has 0 radical (unpaired) electrons. The number of rotatable bonds is 1. The van der Waals surface area contributed by atoms with Gasteiger partial charge >= 0.3 is 0 Å². The molecule has 0 saturated heterocycles. The van der Waals surface area contributed by atoms with Crippen molar-refractivity contribution in [1.82, 2.24) is 0 Å². The van der Waals surface area contributed by atoms with Gasteiger partial charge in [-0.1, -0.05) is 6.58 Å². The standard InChI is InChI=1S/C8H8O/c1-3-7(2)8-5-4-6-9-8/h4-6H,1H2,2H3. The molecule has 0 aliphatic heterocycles. The second kappa shape index (κ2) is 2.38. The van der Waals surface area contributed by atoms with Crippen LogP contribution in [0, 0.1) is 0 Å². The van der Waals surface area contributed by atoms with E-state index in [-0.39, 0.29) is 0 Å². The Morgan fingerprint density at radius 3 is 3.00 bits per heavy atom. The highest BCUT2D eigenvalue weighted by atomic mass is 16.3. The lowest BCUT2D eigenvalue weighted by Gasteiger charge is -1.86. The highest BCUT2D eigenvalue weighted by molar-refractivity contribution is 5.57. The van der Waals surface area contributed by atoms with Gasteiger partial charge < -0.3 is 4.42 Å². The second-order valence-corrected chi connectivity index (χ2v) is 1.78. The van der Waals surface area contributed by atoms with Gasteiger partial charge in [0.1, 0.15) is 5.76 Å². The lowest BCUT2D eigenvalue weighted by molar-refractivity contribution is 0.553. The minimum atomic E-state index is 0.838. The van der Waals surface area contributed by atoms with E-state index in [1.54, 1.807) is 6.26 Å². The fourth-order valence-electron chi connectivity index (χ4n) is 0.579. The second-order valence-electron chi connectivity index (χ2n) is 1.78. The summed E-state index contributed by atoms with van der Waals surface area (Å²) in [6, 6.07) is 3.73. The van der Waals surface area contributed by atoms with Crippen molar-refractivity contribution in [2.75, 3.05) is 0 Å². The van der Waals surface area contributed by atoms with Gasteiger partial charge in [-0.2, -0.15) is 0 Å². The molecule has 9 heavy (non-hydrogen) atoms. The van der Waals surface area contributed by atoms with Gasteiger partial charge in [-0.25, -0.2) is 0 Å². The Labute approximate surface area is 54.3 Å². The molecule has 1 heteroatoms. The molecule has 0 bridgehead atoms. The SMILES string of the molecule is C=C=C(C)c1ccco1. The minimum absolute atomic E-state index is 0.838. The quantitative estimate of drug-likeness (QED) is 0.519. The zero-order chi connectivity index (χ0) is 6.69. The summed E-state index contributed by atoms with van der Waals surface area (Å²) in [5.41, 5.74) is 3.68. The van der Waals surface area contributed by atoms with E-state index in [4.69, 9.17) is 4.42 Å². The molecule has 0 N–H and O–H groups in total. The van der Waals surface area contributed by atoms with Crippen LogP contribution in [0.2, 0.25) is 0 Å². The zero-order valence-corrected chi connectivity index (χ0v) is 5.35. The molecule has 1 nitrogen and oxygen atoms in total. The lowest BCUT2D eigenvalue weighted by Crippen LogP contribution is -1.66. The smallest absolute Gasteiger partial charge is 0.137 e. The van der Waals surface area contributed by atoms with E-state index in [0.717, 1.165) is 11.3 Å². The first-order valence-electron chi connectivity index (χ1n) is 2.75. The zero-order valence-electron chi connectivity index (χ0n) is 5.35. The predicted octanol–water partition coefficient (Wildman–Crippen LogP) is 2.47. The molecule has 0 aliphatic carbocycles. The average molecular weight is 120 g/mol. The maximum Gasteiger partial charge on any atom is 0.137 e. The Bertz CT molecular complexity index is 225. The molecule has 0 amide bonds. The molecule has 1 aromatic rings. The summed E-state index contributed by atoms with van der Waals surface area (Å²) in [7, 11) is 0. The highest BCUT2D eigenvalue weighted by Gasteiger charge is 1.93. The van der Waals surface area contributed by atoms with Crippen molar-refractivity contribution in [3.05, 3.63) is 36.5 Å². The third kappa shape index (κ3) is 1.13. The summed E-state index contributed by atoms with van der Waals surface area (Å²) in [4.78, 5) is 0. The van der Waals surface area contributed by atoms with Crippen LogP contribution >= 0.6 is 0 Å². The number of allylic oxidation sites excluding steroid dienone is 1. The van der Waals surface area contributed by atoms with Gasteiger partial charge in [0.25, 0.3) is 0 Å². The van der Waals surface area contributed by atoms with Gasteiger partial charge in [-0.15, -0.1) is 5.73 Å². The van der Waals surface area contributed by atoms with Crippen LogP contribution < -0.4 is 0 Å². The first kappa shape index (κ1) is 5.93. The van der Waals surface area contributed by atoms with Gasteiger partial charge in [0, 0.05) is 5.57 Å². The number of hydrogen-bond acceptors (Lipinski definition) is 1. The fourth-order valence-corrected chi connectivity index (χ4v) is 0.579. The Morgan fingerprint density at radius 1 is 1.78 bits per heavy atom. The minimum Gasteiger partial charge on any atom is -0.464 e. The Kier molecular flexibility index (Phi) is 1.57. The molecule has 0 fully saturated rings. The molecule has 1 heterocycles. The summed E-state index contributed by atoms with van der Waals surface area (Å²) in [5.74, 6) is 0.838. The number of furan rings is 1. The lowest BCUT2D eigenvalue weighted by atomic mass is 10.2. The van der Waals surface area contributed by atoms with Crippen molar-refractivity contribution in [1.29, 1.82) is 0 Å².